The van der Waals surface area contributed by atoms with Gasteiger partial charge in [0.25, 0.3) is 0 Å². The molecule has 92 valence electrons. The van der Waals surface area contributed by atoms with Crippen LogP contribution in [0.15, 0.2) is 0 Å². The monoisotopic (exact) mass is 224 g/mol. The standard InChI is InChI=1S/C13H24N2O/c1-13(2,7-8-16-3)10-15-12-6-4-5-11(12)9-14/h11-12,15H,4-8,10H2,1-3H3. The molecule has 2 unspecified atom stereocenters. The molecule has 1 rings (SSSR count). The van der Waals surface area contributed by atoms with Crippen LogP contribution in [0.2, 0.25) is 0 Å². The van der Waals surface area contributed by atoms with E-state index in [9.17, 15) is 0 Å². The third-order valence-electron chi connectivity index (χ3n) is 3.51. The van der Waals surface area contributed by atoms with Crippen molar-refractivity contribution < 1.29 is 4.74 Å². The van der Waals surface area contributed by atoms with Crippen LogP contribution in [0.4, 0.5) is 0 Å². The lowest BCUT2D eigenvalue weighted by Gasteiger charge is -2.27. The van der Waals surface area contributed by atoms with E-state index in [-0.39, 0.29) is 11.3 Å². The Hall–Kier alpha value is -0.590. The minimum Gasteiger partial charge on any atom is -0.385 e. The average molecular weight is 224 g/mol. The molecule has 0 radical (unpaired) electrons. The highest BCUT2D eigenvalue weighted by Crippen LogP contribution is 2.26. The van der Waals surface area contributed by atoms with Gasteiger partial charge in [0.05, 0.1) is 12.0 Å². The molecular weight excluding hydrogens is 200 g/mol. The van der Waals surface area contributed by atoms with Gasteiger partial charge in [-0.1, -0.05) is 20.3 Å². The smallest absolute Gasteiger partial charge is 0.0672 e. The molecule has 0 bridgehead atoms. The molecule has 1 aliphatic rings. The van der Waals surface area contributed by atoms with Crippen LogP contribution in [0, 0.1) is 22.7 Å². The highest BCUT2D eigenvalue weighted by atomic mass is 16.5. The summed E-state index contributed by atoms with van der Waals surface area (Å²) >= 11 is 0. The number of nitriles is 1. The van der Waals surface area contributed by atoms with E-state index in [1.165, 1.54) is 6.42 Å². The Balaban J connectivity index is 2.30. The molecule has 1 saturated carbocycles. The molecule has 0 aliphatic heterocycles. The largest absolute Gasteiger partial charge is 0.385 e. The SMILES string of the molecule is COCCC(C)(C)CNC1CCCC1C#N. The van der Waals surface area contributed by atoms with E-state index in [4.69, 9.17) is 10.00 Å². The summed E-state index contributed by atoms with van der Waals surface area (Å²) in [5.41, 5.74) is 0.249. The molecule has 3 nitrogen and oxygen atoms in total. The molecule has 3 heteroatoms. The fraction of sp³-hybridized carbons (Fsp3) is 0.923. The molecule has 0 aromatic heterocycles. The van der Waals surface area contributed by atoms with Crippen molar-refractivity contribution >= 4 is 0 Å². The molecule has 0 heterocycles. The van der Waals surface area contributed by atoms with Crippen molar-refractivity contribution in [1.82, 2.24) is 5.32 Å². The molecule has 0 amide bonds. The van der Waals surface area contributed by atoms with Gasteiger partial charge in [-0.3, -0.25) is 0 Å². The Morgan fingerprint density at radius 2 is 2.19 bits per heavy atom. The van der Waals surface area contributed by atoms with Gasteiger partial charge < -0.3 is 10.1 Å². The second-order valence-electron chi connectivity index (χ2n) is 5.56. The van der Waals surface area contributed by atoms with Crippen molar-refractivity contribution in [1.29, 1.82) is 5.26 Å². The zero-order valence-corrected chi connectivity index (χ0v) is 10.8. The lowest BCUT2D eigenvalue weighted by Crippen LogP contribution is -2.39. The quantitative estimate of drug-likeness (QED) is 0.753. The second-order valence-corrected chi connectivity index (χ2v) is 5.56. The maximum absolute atomic E-state index is 9.00. The summed E-state index contributed by atoms with van der Waals surface area (Å²) in [7, 11) is 1.74. The fourth-order valence-electron chi connectivity index (χ4n) is 2.23. The molecule has 2 atom stereocenters. The summed E-state index contributed by atoms with van der Waals surface area (Å²) in [6, 6.07) is 2.82. The topological polar surface area (TPSA) is 45.0 Å². The Morgan fingerprint density at radius 1 is 1.44 bits per heavy atom. The van der Waals surface area contributed by atoms with Crippen LogP contribution in [-0.4, -0.2) is 26.3 Å². The summed E-state index contributed by atoms with van der Waals surface area (Å²) < 4.78 is 5.11. The number of nitrogens with zero attached hydrogens (tertiary/aromatic N) is 1. The average Bonchev–Trinajstić information content (AvgIpc) is 2.71. The molecule has 0 saturated heterocycles. The van der Waals surface area contributed by atoms with Crippen molar-refractivity contribution in [2.45, 2.75) is 45.6 Å². The van der Waals surface area contributed by atoms with E-state index in [1.54, 1.807) is 7.11 Å². The van der Waals surface area contributed by atoms with Gasteiger partial charge >= 0.3 is 0 Å². The van der Waals surface area contributed by atoms with Gasteiger partial charge in [0, 0.05) is 26.3 Å². The first kappa shape index (κ1) is 13.5. The minimum atomic E-state index is 0.221. The zero-order valence-electron chi connectivity index (χ0n) is 10.8. The first-order valence-corrected chi connectivity index (χ1v) is 6.21. The van der Waals surface area contributed by atoms with Crippen LogP contribution in [0.3, 0.4) is 0 Å². The zero-order chi connectivity index (χ0) is 12.0. The fourth-order valence-corrected chi connectivity index (χ4v) is 2.23. The third kappa shape index (κ3) is 4.11. The maximum Gasteiger partial charge on any atom is 0.0672 e. The first-order valence-electron chi connectivity index (χ1n) is 6.21. The number of hydrogen-bond acceptors (Lipinski definition) is 3. The van der Waals surface area contributed by atoms with E-state index in [0.717, 1.165) is 32.4 Å². The summed E-state index contributed by atoms with van der Waals surface area (Å²) in [5, 5.41) is 12.6. The predicted octanol–water partition coefficient (Wildman–Crippen LogP) is 2.33. The van der Waals surface area contributed by atoms with E-state index < -0.39 is 0 Å². The molecule has 1 N–H and O–H groups in total. The lowest BCUT2D eigenvalue weighted by molar-refractivity contribution is 0.148. The summed E-state index contributed by atoms with van der Waals surface area (Å²) in [4.78, 5) is 0. The third-order valence-corrected chi connectivity index (χ3v) is 3.51. The Kier molecular flexibility index (Phi) is 5.24. The van der Waals surface area contributed by atoms with Crippen LogP contribution in [-0.2, 0) is 4.74 Å². The van der Waals surface area contributed by atoms with Gasteiger partial charge in [-0.2, -0.15) is 5.26 Å². The van der Waals surface area contributed by atoms with Gasteiger partial charge in [-0.25, -0.2) is 0 Å². The number of rotatable bonds is 6. The van der Waals surface area contributed by atoms with E-state index in [2.05, 4.69) is 25.2 Å². The lowest BCUT2D eigenvalue weighted by atomic mass is 9.89. The number of nitrogens with one attached hydrogen (secondary N) is 1. The van der Waals surface area contributed by atoms with E-state index >= 15 is 0 Å². The maximum atomic E-state index is 9.00. The van der Waals surface area contributed by atoms with Crippen molar-refractivity contribution in [3.63, 3.8) is 0 Å². The van der Waals surface area contributed by atoms with Gasteiger partial charge in [0.1, 0.15) is 0 Å². The molecule has 1 fully saturated rings. The molecule has 0 aromatic carbocycles. The van der Waals surface area contributed by atoms with Crippen molar-refractivity contribution in [2.24, 2.45) is 11.3 Å². The molecule has 0 aromatic rings. The van der Waals surface area contributed by atoms with E-state index in [1.807, 2.05) is 0 Å². The van der Waals surface area contributed by atoms with Gasteiger partial charge in [0.2, 0.25) is 0 Å². The number of hydrogen-bond donors (Lipinski definition) is 1. The van der Waals surface area contributed by atoms with Gasteiger partial charge in [-0.05, 0) is 24.7 Å². The Morgan fingerprint density at radius 3 is 2.81 bits per heavy atom. The first-order chi connectivity index (χ1) is 7.59. The normalized spacial score (nSPS) is 25.6. The van der Waals surface area contributed by atoms with Gasteiger partial charge in [0.15, 0.2) is 0 Å². The molecular formula is C13H24N2O. The summed E-state index contributed by atoms with van der Waals surface area (Å²) in [6.07, 6.45) is 4.46. The second kappa shape index (κ2) is 6.22. The van der Waals surface area contributed by atoms with Crippen molar-refractivity contribution in [3.05, 3.63) is 0 Å². The van der Waals surface area contributed by atoms with E-state index in [0.29, 0.717) is 6.04 Å². The molecule has 1 aliphatic carbocycles. The van der Waals surface area contributed by atoms with Crippen LogP contribution in [0.25, 0.3) is 0 Å². The van der Waals surface area contributed by atoms with Crippen LogP contribution >= 0.6 is 0 Å². The van der Waals surface area contributed by atoms with Crippen molar-refractivity contribution in [3.8, 4) is 6.07 Å². The van der Waals surface area contributed by atoms with Crippen LogP contribution < -0.4 is 5.32 Å². The highest BCUT2D eigenvalue weighted by Gasteiger charge is 2.28. The minimum absolute atomic E-state index is 0.221. The van der Waals surface area contributed by atoms with Crippen LogP contribution in [0.5, 0.6) is 0 Å². The summed E-state index contributed by atoms with van der Waals surface area (Å²) in [6.45, 7) is 6.27. The highest BCUT2D eigenvalue weighted by molar-refractivity contribution is 4.96. The predicted molar refractivity (Wildman–Crippen MR) is 65.0 cm³/mol. The molecule has 0 spiro atoms. The Labute approximate surface area is 99.2 Å². The molecule has 16 heavy (non-hydrogen) atoms. The number of ether oxygens (including phenoxy) is 1. The van der Waals surface area contributed by atoms with Crippen LogP contribution in [0.1, 0.15) is 39.5 Å². The number of methoxy groups -OCH3 is 1. The Bertz CT molecular complexity index is 245. The summed E-state index contributed by atoms with van der Waals surface area (Å²) in [5.74, 6) is 0.221. The van der Waals surface area contributed by atoms with Gasteiger partial charge in [-0.15, -0.1) is 0 Å². The van der Waals surface area contributed by atoms with Crippen molar-refractivity contribution in [2.75, 3.05) is 20.3 Å².